The molecule has 8 heteroatoms. The molecule has 2 rings (SSSR count). The van der Waals surface area contributed by atoms with E-state index in [9.17, 15) is 4.79 Å². The average molecular weight is 516 g/mol. The maximum atomic E-state index is 11.7. The van der Waals surface area contributed by atoms with Gasteiger partial charge in [0.15, 0.2) is 5.96 Å². The molecule has 1 aromatic carbocycles. The van der Waals surface area contributed by atoms with Gasteiger partial charge >= 0.3 is 6.03 Å². The number of urea groups is 1. The summed E-state index contributed by atoms with van der Waals surface area (Å²) in [6.45, 7) is 11.3. The van der Waals surface area contributed by atoms with E-state index >= 15 is 0 Å². The van der Waals surface area contributed by atoms with Gasteiger partial charge in [-0.3, -0.25) is 4.99 Å². The van der Waals surface area contributed by atoms with Crippen LogP contribution >= 0.6 is 24.0 Å². The lowest BCUT2D eigenvalue weighted by atomic mass is 10.0. The molecule has 0 bridgehead atoms. The SMILES string of the molecule is CN=C(NCc1ccc(NC(=O)NC(C)C)cc1)NC1CCN(C(C)C)CC1.I. The summed E-state index contributed by atoms with van der Waals surface area (Å²) in [5.41, 5.74) is 1.91. The minimum absolute atomic E-state index is 0. The van der Waals surface area contributed by atoms with E-state index in [1.165, 1.54) is 0 Å². The maximum absolute atomic E-state index is 11.7. The van der Waals surface area contributed by atoms with E-state index in [-0.39, 0.29) is 36.0 Å². The molecule has 7 nitrogen and oxygen atoms in total. The van der Waals surface area contributed by atoms with Crippen molar-refractivity contribution in [2.75, 3.05) is 25.5 Å². The van der Waals surface area contributed by atoms with E-state index in [0.29, 0.717) is 18.6 Å². The van der Waals surface area contributed by atoms with Gasteiger partial charge in [-0.2, -0.15) is 0 Å². The van der Waals surface area contributed by atoms with Crippen molar-refractivity contribution in [3.63, 3.8) is 0 Å². The van der Waals surface area contributed by atoms with Crippen molar-refractivity contribution < 1.29 is 4.79 Å². The largest absolute Gasteiger partial charge is 0.354 e. The Morgan fingerprint density at radius 3 is 2.28 bits per heavy atom. The molecule has 0 unspecified atom stereocenters. The fourth-order valence-corrected chi connectivity index (χ4v) is 3.27. The lowest BCUT2D eigenvalue weighted by Crippen LogP contribution is -2.49. The number of aliphatic imine (C=N–C) groups is 1. The first kappa shape index (κ1) is 25.5. The lowest BCUT2D eigenvalue weighted by molar-refractivity contribution is 0.167. The molecule has 1 aliphatic heterocycles. The van der Waals surface area contributed by atoms with E-state index in [1.54, 1.807) is 7.05 Å². The quantitative estimate of drug-likeness (QED) is 0.266. The molecule has 0 saturated carbocycles. The van der Waals surface area contributed by atoms with Gasteiger partial charge < -0.3 is 26.2 Å². The van der Waals surface area contributed by atoms with Crippen LogP contribution in [0.5, 0.6) is 0 Å². The van der Waals surface area contributed by atoms with Crippen molar-refractivity contribution in [1.29, 1.82) is 0 Å². The van der Waals surface area contributed by atoms with Gasteiger partial charge in [-0.05, 0) is 58.2 Å². The molecule has 1 aromatic rings. The Morgan fingerprint density at radius 2 is 1.76 bits per heavy atom. The van der Waals surface area contributed by atoms with Gasteiger partial charge in [0.05, 0.1) is 0 Å². The molecule has 0 atom stereocenters. The molecule has 0 spiro atoms. The van der Waals surface area contributed by atoms with E-state index in [1.807, 2.05) is 38.1 Å². The number of nitrogens with zero attached hydrogens (tertiary/aromatic N) is 2. The highest BCUT2D eigenvalue weighted by Crippen LogP contribution is 2.13. The van der Waals surface area contributed by atoms with Gasteiger partial charge in [0.1, 0.15) is 0 Å². The van der Waals surface area contributed by atoms with Crippen LogP contribution in [0, 0.1) is 0 Å². The molecule has 4 N–H and O–H groups in total. The van der Waals surface area contributed by atoms with Crippen LogP contribution in [-0.2, 0) is 6.54 Å². The Hall–Kier alpha value is -1.55. The smallest absolute Gasteiger partial charge is 0.319 e. The number of piperidine rings is 1. The van der Waals surface area contributed by atoms with Gasteiger partial charge in [-0.15, -0.1) is 24.0 Å². The molecule has 1 heterocycles. The van der Waals surface area contributed by atoms with Gasteiger partial charge in [0.2, 0.25) is 0 Å². The maximum Gasteiger partial charge on any atom is 0.319 e. The zero-order valence-electron chi connectivity index (χ0n) is 18.3. The monoisotopic (exact) mass is 516 g/mol. The number of benzene rings is 1. The third-order valence-corrected chi connectivity index (χ3v) is 4.92. The molecule has 0 aliphatic carbocycles. The third-order valence-electron chi connectivity index (χ3n) is 4.92. The predicted octanol–water partition coefficient (Wildman–Crippen LogP) is 3.37. The molecular formula is C21H37IN6O. The van der Waals surface area contributed by atoms with Crippen molar-refractivity contribution in [3.05, 3.63) is 29.8 Å². The Bertz CT molecular complexity index is 639. The zero-order chi connectivity index (χ0) is 20.5. The summed E-state index contributed by atoms with van der Waals surface area (Å²) in [5, 5.41) is 12.6. The Balaban J connectivity index is 0.00000420. The number of guanidine groups is 1. The number of carbonyl (C=O) groups excluding carboxylic acids is 1. The predicted molar refractivity (Wildman–Crippen MR) is 132 cm³/mol. The van der Waals surface area contributed by atoms with Crippen molar-refractivity contribution in [3.8, 4) is 0 Å². The summed E-state index contributed by atoms with van der Waals surface area (Å²) in [6, 6.07) is 8.84. The summed E-state index contributed by atoms with van der Waals surface area (Å²) >= 11 is 0. The summed E-state index contributed by atoms with van der Waals surface area (Å²) in [6.07, 6.45) is 2.27. The first-order valence-electron chi connectivity index (χ1n) is 10.2. The van der Waals surface area contributed by atoms with Crippen LogP contribution < -0.4 is 21.3 Å². The normalized spacial score (nSPS) is 15.8. The fraction of sp³-hybridized carbons (Fsp3) is 0.619. The zero-order valence-corrected chi connectivity index (χ0v) is 20.6. The molecule has 1 fully saturated rings. The van der Waals surface area contributed by atoms with Crippen LogP contribution in [-0.4, -0.2) is 55.2 Å². The molecule has 29 heavy (non-hydrogen) atoms. The fourth-order valence-electron chi connectivity index (χ4n) is 3.27. The summed E-state index contributed by atoms with van der Waals surface area (Å²) < 4.78 is 0. The molecular weight excluding hydrogens is 479 g/mol. The second-order valence-corrected chi connectivity index (χ2v) is 7.92. The standard InChI is InChI=1S/C21H36N6O.HI/c1-15(2)24-21(28)26-18-8-6-17(7-9-18)14-23-20(22-5)25-19-10-12-27(13-11-19)16(3)4;/h6-9,15-16,19H,10-14H2,1-5H3,(H2,22,23,25)(H2,24,26,28);1H. The van der Waals surface area contributed by atoms with E-state index < -0.39 is 0 Å². The van der Waals surface area contributed by atoms with Crippen molar-refractivity contribution in [2.45, 2.75) is 65.2 Å². The van der Waals surface area contributed by atoms with Crippen LogP contribution in [0.2, 0.25) is 0 Å². The minimum Gasteiger partial charge on any atom is -0.354 e. The van der Waals surface area contributed by atoms with Crippen LogP contribution in [0.4, 0.5) is 10.5 Å². The Morgan fingerprint density at radius 1 is 1.14 bits per heavy atom. The summed E-state index contributed by atoms with van der Waals surface area (Å²) in [5.74, 6) is 0.835. The van der Waals surface area contributed by atoms with Crippen LogP contribution in [0.25, 0.3) is 0 Å². The Labute approximate surface area is 192 Å². The highest BCUT2D eigenvalue weighted by molar-refractivity contribution is 14.0. The number of hydrogen-bond acceptors (Lipinski definition) is 3. The van der Waals surface area contributed by atoms with Crippen molar-refractivity contribution in [1.82, 2.24) is 20.9 Å². The second-order valence-electron chi connectivity index (χ2n) is 7.92. The topological polar surface area (TPSA) is 80.8 Å². The van der Waals surface area contributed by atoms with Crippen LogP contribution in [0.1, 0.15) is 46.1 Å². The highest BCUT2D eigenvalue weighted by Gasteiger charge is 2.21. The third kappa shape index (κ3) is 9.20. The molecule has 1 saturated heterocycles. The highest BCUT2D eigenvalue weighted by atomic mass is 127. The van der Waals surface area contributed by atoms with Gasteiger partial charge in [0, 0.05) is 50.5 Å². The lowest BCUT2D eigenvalue weighted by Gasteiger charge is -2.35. The molecule has 0 radical (unpaired) electrons. The van der Waals surface area contributed by atoms with Crippen LogP contribution in [0.15, 0.2) is 29.3 Å². The van der Waals surface area contributed by atoms with Crippen molar-refractivity contribution >= 4 is 41.7 Å². The first-order chi connectivity index (χ1) is 13.4. The van der Waals surface area contributed by atoms with E-state index in [4.69, 9.17) is 0 Å². The molecule has 0 aromatic heterocycles. The molecule has 164 valence electrons. The number of hydrogen-bond donors (Lipinski definition) is 4. The summed E-state index contributed by atoms with van der Waals surface area (Å²) in [7, 11) is 1.80. The van der Waals surface area contributed by atoms with Gasteiger partial charge in [-0.25, -0.2) is 4.79 Å². The van der Waals surface area contributed by atoms with Gasteiger partial charge in [0.25, 0.3) is 0 Å². The van der Waals surface area contributed by atoms with Crippen LogP contribution in [0.3, 0.4) is 0 Å². The van der Waals surface area contributed by atoms with Crippen molar-refractivity contribution in [2.24, 2.45) is 4.99 Å². The van der Waals surface area contributed by atoms with Gasteiger partial charge in [-0.1, -0.05) is 12.1 Å². The van der Waals surface area contributed by atoms with E-state index in [2.05, 4.69) is 45.0 Å². The first-order valence-corrected chi connectivity index (χ1v) is 10.2. The molecule has 1 aliphatic rings. The number of halogens is 1. The average Bonchev–Trinajstić information content (AvgIpc) is 2.66. The van der Waals surface area contributed by atoms with E-state index in [0.717, 1.165) is 43.1 Å². The second kappa shape index (κ2) is 12.9. The number of nitrogens with one attached hydrogen (secondary N) is 4. The number of likely N-dealkylation sites (tertiary alicyclic amines) is 1. The molecule has 2 amide bonds. The number of anilines is 1. The Kier molecular flexibility index (Phi) is 11.3. The minimum atomic E-state index is -0.186. The summed E-state index contributed by atoms with van der Waals surface area (Å²) in [4.78, 5) is 18.6. The number of amides is 2. The number of carbonyl (C=O) groups is 1. The number of rotatable bonds is 6.